The van der Waals surface area contributed by atoms with E-state index in [0.29, 0.717) is 11.6 Å². The van der Waals surface area contributed by atoms with Gasteiger partial charge in [0, 0.05) is 5.02 Å². The normalized spacial score (nSPS) is 13.2. The minimum atomic E-state index is -0.601. The van der Waals surface area contributed by atoms with Gasteiger partial charge in [-0.15, -0.1) is 0 Å². The maximum Gasteiger partial charge on any atom is 0.102 e. The fraction of sp³-hybridized carbons (Fsp3) is 0.455. The highest BCUT2D eigenvalue weighted by molar-refractivity contribution is 6.30. The zero-order chi connectivity index (χ0) is 10.6. The summed E-state index contributed by atoms with van der Waals surface area (Å²) in [5.74, 6) is 0. The Kier molecular flexibility index (Phi) is 4.39. The molecule has 3 heteroatoms. The molecule has 78 valence electrons. The first kappa shape index (κ1) is 11.5. The highest BCUT2D eigenvalue weighted by Gasteiger charge is 2.08. The Bertz CT molecular complexity index is 286. The van der Waals surface area contributed by atoms with Gasteiger partial charge in [-0.3, -0.25) is 0 Å². The van der Waals surface area contributed by atoms with Crippen molar-refractivity contribution in [3.05, 3.63) is 34.9 Å². The molecule has 14 heavy (non-hydrogen) atoms. The van der Waals surface area contributed by atoms with Crippen LogP contribution in [0, 0.1) is 0 Å². The lowest BCUT2D eigenvalue weighted by atomic mass is 10.1. The van der Waals surface area contributed by atoms with Gasteiger partial charge >= 0.3 is 0 Å². The Morgan fingerprint density at radius 2 is 2.14 bits per heavy atom. The highest BCUT2D eigenvalue weighted by Crippen LogP contribution is 2.18. The summed E-state index contributed by atoms with van der Waals surface area (Å²) in [6.45, 7) is 4.17. The van der Waals surface area contributed by atoms with E-state index in [0.717, 1.165) is 5.56 Å². The van der Waals surface area contributed by atoms with Crippen LogP contribution >= 0.6 is 11.6 Å². The van der Waals surface area contributed by atoms with Gasteiger partial charge in [0.2, 0.25) is 0 Å². The second-order valence-corrected chi connectivity index (χ2v) is 3.89. The Hall–Kier alpha value is -0.570. The van der Waals surface area contributed by atoms with E-state index < -0.39 is 6.10 Å². The van der Waals surface area contributed by atoms with Gasteiger partial charge in [-0.2, -0.15) is 0 Å². The first-order valence-electron chi connectivity index (χ1n) is 4.64. The third-order valence-corrected chi connectivity index (χ3v) is 2.06. The third kappa shape index (κ3) is 3.66. The van der Waals surface area contributed by atoms with E-state index in [1.54, 1.807) is 12.1 Å². The maximum atomic E-state index is 9.71. The van der Waals surface area contributed by atoms with Gasteiger partial charge in [0.05, 0.1) is 12.7 Å². The van der Waals surface area contributed by atoms with Crippen LogP contribution in [-0.4, -0.2) is 17.8 Å². The van der Waals surface area contributed by atoms with Crippen LogP contribution in [0.3, 0.4) is 0 Å². The average molecular weight is 215 g/mol. The molecular weight excluding hydrogens is 200 g/mol. The number of benzene rings is 1. The predicted molar refractivity (Wildman–Crippen MR) is 57.5 cm³/mol. The lowest BCUT2D eigenvalue weighted by molar-refractivity contribution is 0.00493. The topological polar surface area (TPSA) is 29.5 Å². The summed E-state index contributed by atoms with van der Waals surface area (Å²) in [4.78, 5) is 0. The molecule has 0 aliphatic carbocycles. The molecular formula is C11H15ClO2. The van der Waals surface area contributed by atoms with Crippen molar-refractivity contribution in [2.45, 2.75) is 26.1 Å². The summed E-state index contributed by atoms with van der Waals surface area (Å²) in [5.41, 5.74) is 0.790. The van der Waals surface area contributed by atoms with E-state index in [4.69, 9.17) is 16.3 Å². The summed E-state index contributed by atoms with van der Waals surface area (Å²) >= 11 is 5.80. The van der Waals surface area contributed by atoms with Crippen molar-refractivity contribution in [1.82, 2.24) is 0 Å². The number of aliphatic hydroxyl groups excluding tert-OH is 1. The summed E-state index contributed by atoms with van der Waals surface area (Å²) in [7, 11) is 0. The zero-order valence-electron chi connectivity index (χ0n) is 8.40. The molecule has 0 amide bonds. The molecule has 0 saturated heterocycles. The Balaban J connectivity index is 2.56. The Morgan fingerprint density at radius 1 is 1.43 bits per heavy atom. The quantitative estimate of drug-likeness (QED) is 0.835. The standard InChI is InChI=1S/C11H15ClO2/c1-8(2)14-7-11(13)9-4-3-5-10(12)6-9/h3-6,8,11,13H,7H2,1-2H3. The second kappa shape index (κ2) is 5.35. The Morgan fingerprint density at radius 3 is 2.71 bits per heavy atom. The fourth-order valence-electron chi connectivity index (χ4n) is 1.09. The van der Waals surface area contributed by atoms with Crippen LogP contribution in [0.15, 0.2) is 24.3 Å². The van der Waals surface area contributed by atoms with Gasteiger partial charge in [0.1, 0.15) is 6.10 Å². The van der Waals surface area contributed by atoms with Crippen molar-refractivity contribution in [3.63, 3.8) is 0 Å². The maximum absolute atomic E-state index is 9.71. The van der Waals surface area contributed by atoms with Crippen LogP contribution in [0.25, 0.3) is 0 Å². The molecule has 1 aromatic carbocycles. The SMILES string of the molecule is CC(C)OCC(O)c1cccc(Cl)c1. The minimum absolute atomic E-state index is 0.129. The van der Waals surface area contributed by atoms with E-state index >= 15 is 0 Å². The van der Waals surface area contributed by atoms with Crippen molar-refractivity contribution in [2.75, 3.05) is 6.61 Å². The highest BCUT2D eigenvalue weighted by atomic mass is 35.5. The number of hydrogen-bond donors (Lipinski definition) is 1. The molecule has 0 bridgehead atoms. The summed E-state index contributed by atoms with van der Waals surface area (Å²) in [6, 6.07) is 7.17. The molecule has 0 aliphatic rings. The van der Waals surface area contributed by atoms with E-state index in [1.165, 1.54) is 0 Å². The zero-order valence-corrected chi connectivity index (χ0v) is 9.16. The van der Waals surface area contributed by atoms with Gasteiger partial charge in [0.15, 0.2) is 0 Å². The number of rotatable bonds is 4. The van der Waals surface area contributed by atoms with Crippen molar-refractivity contribution >= 4 is 11.6 Å². The van der Waals surface area contributed by atoms with Crippen molar-refractivity contribution < 1.29 is 9.84 Å². The minimum Gasteiger partial charge on any atom is -0.386 e. The number of aliphatic hydroxyl groups is 1. The van der Waals surface area contributed by atoms with Crippen molar-refractivity contribution in [1.29, 1.82) is 0 Å². The van der Waals surface area contributed by atoms with Crippen LogP contribution in [0.2, 0.25) is 5.02 Å². The smallest absolute Gasteiger partial charge is 0.102 e. The van der Waals surface area contributed by atoms with Gasteiger partial charge in [-0.05, 0) is 31.5 Å². The van der Waals surface area contributed by atoms with Crippen LogP contribution in [0.1, 0.15) is 25.5 Å². The lowest BCUT2D eigenvalue weighted by Gasteiger charge is -2.13. The van der Waals surface area contributed by atoms with Crippen molar-refractivity contribution in [2.24, 2.45) is 0 Å². The molecule has 0 aromatic heterocycles. The van der Waals surface area contributed by atoms with E-state index in [2.05, 4.69) is 0 Å². The number of ether oxygens (including phenoxy) is 1. The van der Waals surface area contributed by atoms with Gasteiger partial charge in [-0.25, -0.2) is 0 Å². The first-order chi connectivity index (χ1) is 6.59. The van der Waals surface area contributed by atoms with E-state index in [9.17, 15) is 5.11 Å². The molecule has 0 aliphatic heterocycles. The number of hydrogen-bond acceptors (Lipinski definition) is 2. The van der Waals surface area contributed by atoms with Crippen molar-refractivity contribution in [3.8, 4) is 0 Å². The molecule has 0 spiro atoms. The second-order valence-electron chi connectivity index (χ2n) is 3.45. The third-order valence-electron chi connectivity index (χ3n) is 1.82. The molecule has 1 aromatic rings. The van der Waals surface area contributed by atoms with Gasteiger partial charge in [0.25, 0.3) is 0 Å². The molecule has 0 heterocycles. The molecule has 0 radical (unpaired) electrons. The van der Waals surface area contributed by atoms with E-state index in [1.807, 2.05) is 26.0 Å². The number of halogens is 1. The predicted octanol–water partition coefficient (Wildman–Crippen LogP) is 2.80. The average Bonchev–Trinajstić information content (AvgIpc) is 2.14. The molecule has 1 rings (SSSR count). The largest absolute Gasteiger partial charge is 0.386 e. The Labute approximate surface area is 89.5 Å². The fourth-order valence-corrected chi connectivity index (χ4v) is 1.29. The lowest BCUT2D eigenvalue weighted by Crippen LogP contribution is -2.11. The first-order valence-corrected chi connectivity index (χ1v) is 5.02. The molecule has 1 N–H and O–H groups in total. The molecule has 1 unspecified atom stereocenters. The summed E-state index contributed by atoms with van der Waals surface area (Å²) < 4.78 is 5.30. The molecule has 0 saturated carbocycles. The van der Waals surface area contributed by atoms with Crippen LogP contribution in [0.5, 0.6) is 0 Å². The summed E-state index contributed by atoms with van der Waals surface area (Å²) in [5, 5.41) is 10.3. The van der Waals surface area contributed by atoms with Crippen LogP contribution in [0.4, 0.5) is 0 Å². The van der Waals surface area contributed by atoms with Crippen LogP contribution < -0.4 is 0 Å². The van der Waals surface area contributed by atoms with E-state index in [-0.39, 0.29) is 6.10 Å². The monoisotopic (exact) mass is 214 g/mol. The van der Waals surface area contributed by atoms with Gasteiger partial charge in [-0.1, -0.05) is 23.7 Å². The molecule has 2 nitrogen and oxygen atoms in total. The summed E-state index contributed by atoms with van der Waals surface area (Å²) in [6.07, 6.45) is -0.472. The molecule has 1 atom stereocenters. The van der Waals surface area contributed by atoms with Crippen LogP contribution in [-0.2, 0) is 4.74 Å². The molecule has 0 fully saturated rings. The van der Waals surface area contributed by atoms with Gasteiger partial charge < -0.3 is 9.84 Å².